The standard InChI is InChI=1S/C10H11NO2/c12-10(13)9-7-11(9)6-8-4-2-1-3-5-8/h1-5,9H,6-7H2,(H,12,13)/p-1. The predicted octanol–water partition coefficient (Wildman–Crippen LogP) is -0.379. The smallest absolute Gasteiger partial charge is 0.0625 e. The summed E-state index contributed by atoms with van der Waals surface area (Å²) < 4.78 is 0. The Morgan fingerprint density at radius 3 is 2.69 bits per heavy atom. The van der Waals surface area contributed by atoms with Gasteiger partial charge in [0.05, 0.1) is 12.0 Å². The Bertz CT molecular complexity index is 310. The van der Waals surface area contributed by atoms with Gasteiger partial charge in [0, 0.05) is 13.1 Å². The lowest BCUT2D eigenvalue weighted by Crippen LogP contribution is -2.30. The van der Waals surface area contributed by atoms with Gasteiger partial charge in [-0.1, -0.05) is 30.3 Å². The highest BCUT2D eigenvalue weighted by atomic mass is 16.4. The number of rotatable bonds is 3. The summed E-state index contributed by atoms with van der Waals surface area (Å²) in [6.07, 6.45) is 0. The monoisotopic (exact) mass is 176 g/mol. The van der Waals surface area contributed by atoms with Crippen molar-refractivity contribution in [2.45, 2.75) is 12.6 Å². The summed E-state index contributed by atoms with van der Waals surface area (Å²) in [4.78, 5) is 12.3. The highest BCUT2D eigenvalue weighted by Gasteiger charge is 2.34. The quantitative estimate of drug-likeness (QED) is 0.590. The molecular formula is C10H10NO2-. The Hall–Kier alpha value is -1.35. The second kappa shape index (κ2) is 3.18. The van der Waals surface area contributed by atoms with Crippen LogP contribution in [0.4, 0.5) is 0 Å². The van der Waals surface area contributed by atoms with Gasteiger partial charge in [0.1, 0.15) is 0 Å². The maximum absolute atomic E-state index is 10.4. The molecule has 3 nitrogen and oxygen atoms in total. The molecule has 3 heteroatoms. The topological polar surface area (TPSA) is 43.1 Å². The van der Waals surface area contributed by atoms with E-state index in [4.69, 9.17) is 0 Å². The molecule has 0 spiro atoms. The first-order chi connectivity index (χ1) is 6.27. The van der Waals surface area contributed by atoms with Crippen molar-refractivity contribution in [1.82, 2.24) is 4.90 Å². The van der Waals surface area contributed by atoms with E-state index in [1.165, 1.54) is 0 Å². The summed E-state index contributed by atoms with van der Waals surface area (Å²) in [5, 5.41) is 10.4. The van der Waals surface area contributed by atoms with Gasteiger partial charge in [0.15, 0.2) is 0 Å². The fourth-order valence-corrected chi connectivity index (χ4v) is 1.39. The number of hydrogen-bond acceptors (Lipinski definition) is 3. The minimum absolute atomic E-state index is 0.361. The van der Waals surface area contributed by atoms with E-state index in [0.29, 0.717) is 13.1 Å². The lowest BCUT2D eigenvalue weighted by atomic mass is 10.2. The van der Waals surface area contributed by atoms with Crippen LogP contribution in [0.3, 0.4) is 0 Å². The number of hydrogen-bond donors (Lipinski definition) is 0. The second-order valence-electron chi connectivity index (χ2n) is 3.25. The molecule has 2 rings (SSSR count). The summed E-state index contributed by atoms with van der Waals surface area (Å²) in [6.45, 7) is 1.33. The minimum atomic E-state index is -0.962. The zero-order valence-electron chi connectivity index (χ0n) is 7.14. The summed E-state index contributed by atoms with van der Waals surface area (Å²) in [7, 11) is 0. The molecule has 13 heavy (non-hydrogen) atoms. The molecule has 1 fully saturated rings. The van der Waals surface area contributed by atoms with E-state index in [0.717, 1.165) is 5.56 Å². The maximum atomic E-state index is 10.4. The zero-order chi connectivity index (χ0) is 9.26. The second-order valence-corrected chi connectivity index (χ2v) is 3.25. The number of nitrogens with zero attached hydrogens (tertiary/aromatic N) is 1. The Morgan fingerprint density at radius 1 is 1.46 bits per heavy atom. The van der Waals surface area contributed by atoms with Gasteiger partial charge in [-0.15, -0.1) is 0 Å². The first-order valence-electron chi connectivity index (χ1n) is 4.26. The van der Waals surface area contributed by atoms with Crippen molar-refractivity contribution < 1.29 is 9.90 Å². The summed E-state index contributed by atoms with van der Waals surface area (Å²) >= 11 is 0. The van der Waals surface area contributed by atoms with Crippen molar-refractivity contribution in [3.05, 3.63) is 35.9 Å². The number of benzene rings is 1. The molecule has 0 saturated carbocycles. The highest BCUT2D eigenvalue weighted by Crippen LogP contribution is 2.19. The molecule has 0 aliphatic carbocycles. The van der Waals surface area contributed by atoms with E-state index in [1.807, 2.05) is 35.2 Å². The summed E-state index contributed by atoms with van der Waals surface area (Å²) in [6, 6.07) is 9.47. The molecule has 2 unspecified atom stereocenters. The molecule has 1 aromatic carbocycles. The Morgan fingerprint density at radius 2 is 2.15 bits per heavy atom. The fourth-order valence-electron chi connectivity index (χ4n) is 1.39. The van der Waals surface area contributed by atoms with Crippen LogP contribution >= 0.6 is 0 Å². The van der Waals surface area contributed by atoms with Crippen LogP contribution in [0.25, 0.3) is 0 Å². The van der Waals surface area contributed by atoms with Crippen LogP contribution in [0.1, 0.15) is 5.56 Å². The van der Waals surface area contributed by atoms with Gasteiger partial charge in [0.2, 0.25) is 0 Å². The van der Waals surface area contributed by atoms with Crippen molar-refractivity contribution in [3.63, 3.8) is 0 Å². The molecule has 0 amide bonds. The SMILES string of the molecule is O=C([O-])C1CN1Cc1ccccc1. The Kier molecular flexibility index (Phi) is 2.02. The lowest BCUT2D eigenvalue weighted by molar-refractivity contribution is -0.305. The van der Waals surface area contributed by atoms with Gasteiger partial charge < -0.3 is 9.90 Å². The molecule has 2 atom stereocenters. The van der Waals surface area contributed by atoms with Gasteiger partial charge in [-0.2, -0.15) is 0 Å². The molecule has 1 saturated heterocycles. The Balaban J connectivity index is 1.92. The van der Waals surface area contributed by atoms with Gasteiger partial charge in [-0.25, -0.2) is 0 Å². The van der Waals surface area contributed by atoms with Crippen molar-refractivity contribution in [2.24, 2.45) is 0 Å². The fraction of sp³-hybridized carbons (Fsp3) is 0.300. The molecular weight excluding hydrogens is 166 g/mol. The molecule has 0 N–H and O–H groups in total. The third-order valence-electron chi connectivity index (χ3n) is 2.22. The lowest BCUT2D eigenvalue weighted by Gasteiger charge is -2.03. The van der Waals surface area contributed by atoms with Crippen LogP contribution in [-0.2, 0) is 11.3 Å². The third-order valence-corrected chi connectivity index (χ3v) is 2.22. The van der Waals surface area contributed by atoms with Crippen LogP contribution < -0.4 is 5.11 Å². The summed E-state index contributed by atoms with van der Waals surface area (Å²) in [5.41, 5.74) is 1.14. The molecule has 68 valence electrons. The first kappa shape index (κ1) is 8.26. The largest absolute Gasteiger partial charge is 0.548 e. The number of carbonyl (C=O) groups is 1. The van der Waals surface area contributed by atoms with Crippen LogP contribution in [0, 0.1) is 0 Å². The van der Waals surface area contributed by atoms with Crippen molar-refractivity contribution >= 4 is 5.97 Å². The third kappa shape index (κ3) is 1.87. The molecule has 1 aliphatic rings. The molecule has 1 heterocycles. The number of carbonyl (C=O) groups excluding carboxylic acids is 1. The van der Waals surface area contributed by atoms with E-state index in [9.17, 15) is 9.90 Å². The van der Waals surface area contributed by atoms with E-state index in [-0.39, 0.29) is 6.04 Å². The molecule has 1 aliphatic heterocycles. The number of carboxylic acid groups (broad SMARTS) is 1. The van der Waals surface area contributed by atoms with Gasteiger partial charge in [-0.3, -0.25) is 4.90 Å². The molecule has 0 aromatic heterocycles. The predicted molar refractivity (Wildman–Crippen MR) is 45.6 cm³/mol. The van der Waals surface area contributed by atoms with E-state index >= 15 is 0 Å². The van der Waals surface area contributed by atoms with E-state index in [2.05, 4.69) is 0 Å². The van der Waals surface area contributed by atoms with Crippen LogP contribution in [-0.4, -0.2) is 23.5 Å². The van der Waals surface area contributed by atoms with Gasteiger partial charge in [0.25, 0.3) is 0 Å². The van der Waals surface area contributed by atoms with E-state index in [1.54, 1.807) is 0 Å². The van der Waals surface area contributed by atoms with Crippen molar-refractivity contribution in [2.75, 3.05) is 6.54 Å². The molecule has 0 radical (unpaired) electrons. The normalized spacial score (nSPS) is 25.5. The number of carboxylic acids is 1. The summed E-state index contributed by atoms with van der Waals surface area (Å²) in [5.74, 6) is -0.962. The van der Waals surface area contributed by atoms with E-state index < -0.39 is 5.97 Å². The van der Waals surface area contributed by atoms with Crippen LogP contribution in [0.5, 0.6) is 0 Å². The molecule has 0 bridgehead atoms. The van der Waals surface area contributed by atoms with Crippen molar-refractivity contribution in [3.8, 4) is 0 Å². The highest BCUT2D eigenvalue weighted by molar-refractivity contribution is 5.74. The van der Waals surface area contributed by atoms with Gasteiger partial charge >= 0.3 is 0 Å². The number of aliphatic carboxylic acids is 1. The van der Waals surface area contributed by atoms with Crippen LogP contribution in [0.15, 0.2) is 30.3 Å². The maximum Gasteiger partial charge on any atom is 0.0625 e. The Labute approximate surface area is 76.6 Å². The average molecular weight is 176 g/mol. The van der Waals surface area contributed by atoms with Gasteiger partial charge in [-0.05, 0) is 5.56 Å². The first-order valence-corrected chi connectivity index (χ1v) is 4.26. The van der Waals surface area contributed by atoms with Crippen LogP contribution in [0.2, 0.25) is 0 Å². The van der Waals surface area contributed by atoms with Crippen molar-refractivity contribution in [1.29, 1.82) is 0 Å². The zero-order valence-corrected chi connectivity index (χ0v) is 7.14. The average Bonchev–Trinajstić information content (AvgIpc) is 2.86. The minimum Gasteiger partial charge on any atom is -0.548 e. The molecule has 1 aromatic rings.